The monoisotopic (exact) mass is 271 g/mol. The van der Waals surface area contributed by atoms with Gasteiger partial charge in [0.2, 0.25) is 0 Å². The van der Waals surface area contributed by atoms with Crippen molar-refractivity contribution < 1.29 is 0 Å². The van der Waals surface area contributed by atoms with Gasteiger partial charge in [-0.3, -0.25) is 0 Å². The lowest BCUT2D eigenvalue weighted by Gasteiger charge is -2.30. The second-order valence-corrected chi connectivity index (χ2v) is 5.50. The number of pyridine rings is 1. The lowest BCUT2D eigenvalue weighted by atomic mass is 9.84. The summed E-state index contributed by atoms with van der Waals surface area (Å²) >= 11 is 0. The molecule has 0 aromatic carbocycles. The maximum absolute atomic E-state index is 4.42. The molecule has 2 heterocycles. The first-order valence-electron chi connectivity index (χ1n) is 7.43. The number of nitrogens with zero attached hydrogens (tertiary/aromatic N) is 4. The van der Waals surface area contributed by atoms with Crippen LogP contribution in [0, 0.1) is 5.92 Å². The lowest BCUT2D eigenvalue weighted by molar-refractivity contribution is 0.327. The molecule has 5 heteroatoms. The third-order valence-corrected chi connectivity index (χ3v) is 4.14. The predicted octanol–water partition coefficient (Wildman–Crippen LogP) is 3.04. The van der Waals surface area contributed by atoms with Crippen LogP contribution in [-0.4, -0.2) is 25.8 Å². The number of nitrogens with one attached hydrogen (secondary N) is 1. The first kappa shape index (κ1) is 13.1. The van der Waals surface area contributed by atoms with Crippen LogP contribution >= 0.6 is 0 Å². The van der Waals surface area contributed by atoms with E-state index in [1.54, 1.807) is 17.2 Å². The summed E-state index contributed by atoms with van der Waals surface area (Å²) in [4.78, 5) is 8.42. The molecule has 2 aromatic heterocycles. The standard InChI is InChI=1S/C15H21N5/c1-2-12-5-3-6-13(9-12)19-14-7-4-8-17-15(14)20-11-16-10-18-20/h4,7-8,10-13,19H,2-3,5-6,9H2,1H3. The fourth-order valence-electron chi connectivity index (χ4n) is 3.02. The van der Waals surface area contributed by atoms with Gasteiger partial charge < -0.3 is 5.32 Å². The quantitative estimate of drug-likeness (QED) is 0.928. The molecule has 2 unspecified atom stereocenters. The third-order valence-electron chi connectivity index (χ3n) is 4.14. The molecule has 2 aromatic rings. The van der Waals surface area contributed by atoms with Crippen LogP contribution in [0.2, 0.25) is 0 Å². The van der Waals surface area contributed by atoms with Crippen LogP contribution in [0.15, 0.2) is 31.0 Å². The Morgan fingerprint density at radius 3 is 3.15 bits per heavy atom. The van der Waals surface area contributed by atoms with Crippen molar-refractivity contribution in [3.63, 3.8) is 0 Å². The molecule has 1 aliphatic rings. The molecular formula is C15H21N5. The molecule has 2 atom stereocenters. The summed E-state index contributed by atoms with van der Waals surface area (Å²) in [6.07, 6.45) is 11.5. The van der Waals surface area contributed by atoms with E-state index in [0.29, 0.717) is 6.04 Å². The Bertz CT molecular complexity index is 537. The van der Waals surface area contributed by atoms with Crippen LogP contribution < -0.4 is 5.32 Å². The number of rotatable bonds is 4. The molecular weight excluding hydrogens is 250 g/mol. The molecule has 1 saturated carbocycles. The van der Waals surface area contributed by atoms with Crippen LogP contribution in [0.5, 0.6) is 0 Å². The molecule has 0 bridgehead atoms. The summed E-state index contributed by atoms with van der Waals surface area (Å²) in [6.45, 7) is 2.29. The normalized spacial score (nSPS) is 22.6. The van der Waals surface area contributed by atoms with Crippen LogP contribution in [-0.2, 0) is 0 Å². The number of anilines is 1. The van der Waals surface area contributed by atoms with Gasteiger partial charge in [-0.15, -0.1) is 0 Å². The highest BCUT2D eigenvalue weighted by Gasteiger charge is 2.21. The molecule has 0 saturated heterocycles. The molecule has 1 N–H and O–H groups in total. The lowest BCUT2D eigenvalue weighted by Crippen LogP contribution is -2.27. The maximum atomic E-state index is 4.42. The summed E-state index contributed by atoms with van der Waals surface area (Å²) < 4.78 is 1.71. The number of hydrogen-bond acceptors (Lipinski definition) is 4. The van der Waals surface area contributed by atoms with Gasteiger partial charge in [0.15, 0.2) is 5.82 Å². The smallest absolute Gasteiger partial charge is 0.178 e. The van der Waals surface area contributed by atoms with E-state index in [1.165, 1.54) is 38.4 Å². The fraction of sp³-hybridized carbons (Fsp3) is 0.533. The second kappa shape index (κ2) is 6.03. The van der Waals surface area contributed by atoms with Gasteiger partial charge in [-0.1, -0.05) is 26.2 Å². The van der Waals surface area contributed by atoms with E-state index < -0.39 is 0 Å². The van der Waals surface area contributed by atoms with E-state index in [2.05, 4.69) is 33.4 Å². The van der Waals surface area contributed by atoms with Gasteiger partial charge in [0, 0.05) is 12.2 Å². The average Bonchev–Trinajstić information content (AvgIpc) is 3.02. The van der Waals surface area contributed by atoms with E-state index in [0.717, 1.165) is 17.4 Å². The molecule has 0 amide bonds. The van der Waals surface area contributed by atoms with Crippen molar-refractivity contribution in [2.75, 3.05) is 5.32 Å². The van der Waals surface area contributed by atoms with Crippen molar-refractivity contribution >= 4 is 5.69 Å². The van der Waals surface area contributed by atoms with E-state index >= 15 is 0 Å². The zero-order valence-corrected chi connectivity index (χ0v) is 11.9. The minimum atomic E-state index is 0.542. The zero-order chi connectivity index (χ0) is 13.8. The summed E-state index contributed by atoms with van der Waals surface area (Å²) in [5, 5.41) is 7.83. The van der Waals surface area contributed by atoms with E-state index in [1.807, 2.05) is 6.07 Å². The SMILES string of the molecule is CCC1CCCC(Nc2cccnc2-n2cncn2)C1. The molecule has 3 rings (SSSR count). The summed E-state index contributed by atoms with van der Waals surface area (Å²) in [5.41, 5.74) is 1.04. The molecule has 20 heavy (non-hydrogen) atoms. The highest BCUT2D eigenvalue weighted by atomic mass is 15.3. The summed E-state index contributed by atoms with van der Waals surface area (Å²) in [6, 6.07) is 4.57. The molecule has 5 nitrogen and oxygen atoms in total. The highest BCUT2D eigenvalue weighted by Crippen LogP contribution is 2.29. The van der Waals surface area contributed by atoms with Gasteiger partial charge in [0.1, 0.15) is 12.7 Å². The topological polar surface area (TPSA) is 55.6 Å². The minimum Gasteiger partial charge on any atom is -0.379 e. The first-order valence-corrected chi connectivity index (χ1v) is 7.43. The van der Waals surface area contributed by atoms with E-state index in [-0.39, 0.29) is 0 Å². The van der Waals surface area contributed by atoms with Crippen molar-refractivity contribution in [1.82, 2.24) is 19.7 Å². The van der Waals surface area contributed by atoms with Crippen molar-refractivity contribution in [2.24, 2.45) is 5.92 Å². The number of aromatic nitrogens is 4. The van der Waals surface area contributed by atoms with Gasteiger partial charge >= 0.3 is 0 Å². The van der Waals surface area contributed by atoms with Crippen LogP contribution in [0.1, 0.15) is 39.0 Å². The minimum absolute atomic E-state index is 0.542. The summed E-state index contributed by atoms with van der Waals surface area (Å²) in [7, 11) is 0. The van der Waals surface area contributed by atoms with Crippen LogP contribution in [0.3, 0.4) is 0 Å². The Hall–Kier alpha value is -1.91. The first-order chi connectivity index (χ1) is 9.86. The molecule has 0 radical (unpaired) electrons. The van der Waals surface area contributed by atoms with Gasteiger partial charge in [-0.05, 0) is 30.9 Å². The zero-order valence-electron chi connectivity index (χ0n) is 11.9. The largest absolute Gasteiger partial charge is 0.379 e. The van der Waals surface area contributed by atoms with Gasteiger partial charge in [0.25, 0.3) is 0 Å². The Balaban J connectivity index is 1.77. The fourth-order valence-corrected chi connectivity index (χ4v) is 3.02. The molecule has 1 aliphatic carbocycles. The second-order valence-electron chi connectivity index (χ2n) is 5.50. The van der Waals surface area contributed by atoms with Gasteiger partial charge in [0.05, 0.1) is 5.69 Å². The van der Waals surface area contributed by atoms with Crippen molar-refractivity contribution in [2.45, 2.75) is 45.1 Å². The average molecular weight is 271 g/mol. The Morgan fingerprint density at radius 1 is 1.40 bits per heavy atom. The van der Waals surface area contributed by atoms with Gasteiger partial charge in [-0.2, -0.15) is 5.10 Å². The van der Waals surface area contributed by atoms with E-state index in [4.69, 9.17) is 0 Å². The molecule has 1 fully saturated rings. The number of hydrogen-bond donors (Lipinski definition) is 1. The Morgan fingerprint density at radius 2 is 2.35 bits per heavy atom. The highest BCUT2D eigenvalue weighted by molar-refractivity contribution is 5.56. The predicted molar refractivity (Wildman–Crippen MR) is 78.8 cm³/mol. The van der Waals surface area contributed by atoms with Crippen molar-refractivity contribution in [3.8, 4) is 5.82 Å². The van der Waals surface area contributed by atoms with E-state index in [9.17, 15) is 0 Å². The Kier molecular flexibility index (Phi) is 3.95. The van der Waals surface area contributed by atoms with Crippen LogP contribution in [0.25, 0.3) is 5.82 Å². The van der Waals surface area contributed by atoms with Crippen molar-refractivity contribution in [3.05, 3.63) is 31.0 Å². The molecule has 0 aliphatic heterocycles. The summed E-state index contributed by atoms with van der Waals surface area (Å²) in [5.74, 6) is 1.68. The maximum Gasteiger partial charge on any atom is 0.178 e. The Labute approximate surface area is 119 Å². The van der Waals surface area contributed by atoms with Gasteiger partial charge in [-0.25, -0.2) is 14.6 Å². The molecule has 0 spiro atoms. The third kappa shape index (κ3) is 2.81. The van der Waals surface area contributed by atoms with Crippen molar-refractivity contribution in [1.29, 1.82) is 0 Å². The molecule has 106 valence electrons. The van der Waals surface area contributed by atoms with Crippen LogP contribution in [0.4, 0.5) is 5.69 Å².